The van der Waals surface area contributed by atoms with E-state index in [9.17, 15) is 9.59 Å². The zero-order chi connectivity index (χ0) is 15.6. The first-order valence-electron chi connectivity index (χ1n) is 6.62. The van der Waals surface area contributed by atoms with Gasteiger partial charge >= 0.3 is 6.09 Å². The molecule has 1 heterocycles. The van der Waals surface area contributed by atoms with Gasteiger partial charge in [-0.3, -0.25) is 10.1 Å². The van der Waals surface area contributed by atoms with Gasteiger partial charge in [0.15, 0.2) is 11.3 Å². The summed E-state index contributed by atoms with van der Waals surface area (Å²) in [7, 11) is 3.58. The van der Waals surface area contributed by atoms with E-state index in [0.29, 0.717) is 34.7 Å². The lowest BCUT2D eigenvalue weighted by Crippen LogP contribution is -2.15. The maximum atomic E-state index is 12.1. The first kappa shape index (κ1) is 14.9. The van der Waals surface area contributed by atoms with Gasteiger partial charge in [-0.25, -0.2) is 4.79 Å². The molecule has 1 aromatic carbocycles. The summed E-state index contributed by atoms with van der Waals surface area (Å²) >= 11 is 0. The van der Waals surface area contributed by atoms with Crippen molar-refractivity contribution < 1.29 is 13.9 Å². The lowest BCUT2D eigenvalue weighted by molar-refractivity contribution is 0.168. The Balaban J connectivity index is 2.54. The summed E-state index contributed by atoms with van der Waals surface area (Å²) in [5, 5.41) is 3.11. The first-order chi connectivity index (χ1) is 9.93. The molecule has 112 valence electrons. The molecular formula is C15H18N2O4. The van der Waals surface area contributed by atoms with Crippen molar-refractivity contribution >= 4 is 28.6 Å². The molecule has 0 aliphatic rings. The second-order valence-electron chi connectivity index (χ2n) is 4.80. The third-order valence-corrected chi connectivity index (χ3v) is 3.09. The van der Waals surface area contributed by atoms with E-state index >= 15 is 0 Å². The number of hydrogen-bond acceptors (Lipinski definition) is 5. The summed E-state index contributed by atoms with van der Waals surface area (Å²) in [5.74, 6) is 0.462. The number of amides is 1. The zero-order valence-electron chi connectivity index (χ0n) is 12.5. The smallest absolute Gasteiger partial charge is 0.411 e. The number of anilines is 2. The molecule has 2 aromatic rings. The Kier molecular flexibility index (Phi) is 4.16. The van der Waals surface area contributed by atoms with Crippen molar-refractivity contribution in [1.82, 2.24) is 0 Å². The average Bonchev–Trinajstić information content (AvgIpc) is 2.42. The molecule has 0 atom stereocenters. The molecule has 1 N–H and O–H groups in total. The van der Waals surface area contributed by atoms with E-state index in [1.165, 1.54) is 6.07 Å². The average molecular weight is 290 g/mol. The van der Waals surface area contributed by atoms with E-state index in [1.807, 2.05) is 0 Å². The van der Waals surface area contributed by atoms with Crippen LogP contribution in [0.3, 0.4) is 0 Å². The van der Waals surface area contributed by atoms with Gasteiger partial charge in [-0.15, -0.1) is 0 Å². The molecule has 6 heteroatoms. The number of benzene rings is 1. The summed E-state index contributed by atoms with van der Waals surface area (Å²) < 4.78 is 10.6. The van der Waals surface area contributed by atoms with Crippen LogP contribution in [0.5, 0.6) is 0 Å². The van der Waals surface area contributed by atoms with Gasteiger partial charge in [0.05, 0.1) is 17.7 Å². The summed E-state index contributed by atoms with van der Waals surface area (Å²) in [5.41, 5.74) is 1.58. The highest BCUT2D eigenvalue weighted by Crippen LogP contribution is 2.26. The van der Waals surface area contributed by atoms with Gasteiger partial charge in [-0.2, -0.15) is 0 Å². The standard InChI is InChI=1S/C15H18N2O4/c1-5-20-15(19)16-11-7-6-10-12(18)8-13(17(3)4)21-14(10)9(11)2/h6-8H,5H2,1-4H3,(H,16,19). The van der Waals surface area contributed by atoms with Crippen molar-refractivity contribution in [3.8, 4) is 0 Å². The maximum absolute atomic E-state index is 12.1. The van der Waals surface area contributed by atoms with Gasteiger partial charge in [0.2, 0.25) is 0 Å². The van der Waals surface area contributed by atoms with Crippen LogP contribution >= 0.6 is 0 Å². The number of fused-ring (bicyclic) bond motifs is 1. The molecule has 0 saturated carbocycles. The Bertz CT molecular complexity index is 734. The molecule has 0 aliphatic carbocycles. The van der Waals surface area contributed by atoms with Crippen molar-refractivity contribution in [1.29, 1.82) is 0 Å². The third-order valence-electron chi connectivity index (χ3n) is 3.09. The van der Waals surface area contributed by atoms with E-state index in [1.54, 1.807) is 45.0 Å². The van der Waals surface area contributed by atoms with Crippen LogP contribution in [-0.4, -0.2) is 26.8 Å². The van der Waals surface area contributed by atoms with Gasteiger partial charge in [-0.05, 0) is 26.0 Å². The quantitative estimate of drug-likeness (QED) is 0.941. The molecule has 0 saturated heterocycles. The number of ether oxygens (including phenoxy) is 1. The number of rotatable bonds is 3. The molecular weight excluding hydrogens is 272 g/mol. The minimum absolute atomic E-state index is 0.120. The Morgan fingerprint density at radius 3 is 2.71 bits per heavy atom. The molecule has 1 amide bonds. The summed E-state index contributed by atoms with van der Waals surface area (Å²) in [6.07, 6.45) is -0.536. The fraction of sp³-hybridized carbons (Fsp3) is 0.333. The summed E-state index contributed by atoms with van der Waals surface area (Å²) in [6.45, 7) is 3.81. The lowest BCUT2D eigenvalue weighted by Gasteiger charge is -2.14. The van der Waals surface area contributed by atoms with Crippen LogP contribution in [0.4, 0.5) is 16.4 Å². The molecule has 0 spiro atoms. The first-order valence-corrected chi connectivity index (χ1v) is 6.62. The van der Waals surface area contributed by atoms with Crippen molar-refractivity contribution in [3.63, 3.8) is 0 Å². The van der Waals surface area contributed by atoms with Crippen LogP contribution in [0.15, 0.2) is 27.4 Å². The molecule has 0 fully saturated rings. The van der Waals surface area contributed by atoms with E-state index in [4.69, 9.17) is 9.15 Å². The molecule has 0 aliphatic heterocycles. The van der Waals surface area contributed by atoms with Crippen molar-refractivity contribution in [2.24, 2.45) is 0 Å². The van der Waals surface area contributed by atoms with Gasteiger partial charge in [0.25, 0.3) is 0 Å². The van der Waals surface area contributed by atoms with Crippen molar-refractivity contribution in [2.45, 2.75) is 13.8 Å². The Morgan fingerprint density at radius 2 is 2.10 bits per heavy atom. The van der Waals surface area contributed by atoms with E-state index < -0.39 is 6.09 Å². The minimum Gasteiger partial charge on any atom is -0.450 e. The Labute approximate surface area is 122 Å². The fourth-order valence-electron chi connectivity index (χ4n) is 1.97. The molecule has 6 nitrogen and oxygen atoms in total. The number of nitrogens with zero attached hydrogens (tertiary/aromatic N) is 1. The third kappa shape index (κ3) is 2.99. The van der Waals surface area contributed by atoms with Crippen molar-refractivity contribution in [3.05, 3.63) is 34.0 Å². The predicted molar refractivity (Wildman–Crippen MR) is 82.2 cm³/mol. The van der Waals surface area contributed by atoms with Gasteiger partial charge in [0, 0.05) is 25.7 Å². The summed E-state index contributed by atoms with van der Waals surface area (Å²) in [6, 6.07) is 4.75. The zero-order valence-corrected chi connectivity index (χ0v) is 12.5. The van der Waals surface area contributed by atoms with Crippen LogP contribution in [0.2, 0.25) is 0 Å². The largest absolute Gasteiger partial charge is 0.450 e. The number of carbonyl (C=O) groups is 1. The second-order valence-corrected chi connectivity index (χ2v) is 4.80. The maximum Gasteiger partial charge on any atom is 0.411 e. The number of carbonyl (C=O) groups excluding carboxylic acids is 1. The monoisotopic (exact) mass is 290 g/mol. The van der Waals surface area contributed by atoms with Crippen LogP contribution in [0, 0.1) is 6.92 Å². The van der Waals surface area contributed by atoms with Crippen LogP contribution in [0.1, 0.15) is 12.5 Å². The lowest BCUT2D eigenvalue weighted by atomic mass is 10.1. The molecule has 0 bridgehead atoms. The molecule has 0 unspecified atom stereocenters. The number of aryl methyl sites for hydroxylation is 1. The topological polar surface area (TPSA) is 71.8 Å². The van der Waals surface area contributed by atoms with Crippen molar-refractivity contribution in [2.75, 3.05) is 30.9 Å². The molecule has 21 heavy (non-hydrogen) atoms. The Morgan fingerprint density at radius 1 is 1.38 bits per heavy atom. The molecule has 1 aromatic heterocycles. The van der Waals surface area contributed by atoms with Crippen LogP contribution in [-0.2, 0) is 4.74 Å². The SMILES string of the molecule is CCOC(=O)Nc1ccc2c(=O)cc(N(C)C)oc2c1C. The highest BCUT2D eigenvalue weighted by Gasteiger charge is 2.13. The minimum atomic E-state index is -0.536. The predicted octanol–water partition coefficient (Wildman–Crippen LogP) is 2.74. The van der Waals surface area contributed by atoms with E-state index in [0.717, 1.165) is 0 Å². The highest BCUT2D eigenvalue weighted by atomic mass is 16.5. The highest BCUT2D eigenvalue weighted by molar-refractivity contribution is 5.92. The van der Waals surface area contributed by atoms with Gasteiger partial charge in [-0.1, -0.05) is 0 Å². The van der Waals surface area contributed by atoms with Gasteiger partial charge in [0.1, 0.15) is 5.58 Å². The van der Waals surface area contributed by atoms with Gasteiger partial charge < -0.3 is 14.1 Å². The van der Waals surface area contributed by atoms with Crippen LogP contribution in [0.25, 0.3) is 11.0 Å². The summed E-state index contributed by atoms with van der Waals surface area (Å²) in [4.78, 5) is 25.3. The van der Waals surface area contributed by atoms with E-state index in [2.05, 4.69) is 5.32 Å². The second kappa shape index (κ2) is 5.87. The molecule has 0 radical (unpaired) electrons. The van der Waals surface area contributed by atoms with E-state index in [-0.39, 0.29) is 5.43 Å². The van der Waals surface area contributed by atoms with Crippen LogP contribution < -0.4 is 15.6 Å². The Hall–Kier alpha value is -2.50. The number of hydrogen-bond donors (Lipinski definition) is 1. The normalized spacial score (nSPS) is 10.5. The number of nitrogens with one attached hydrogen (secondary N) is 1. The molecule has 2 rings (SSSR count). The fourth-order valence-corrected chi connectivity index (χ4v) is 1.97.